The average molecular weight is 281 g/mol. The molecule has 1 saturated carbocycles. The van der Waals surface area contributed by atoms with Crippen molar-refractivity contribution in [1.29, 1.82) is 0 Å². The average Bonchev–Trinajstić information content (AvgIpc) is 3.12. The Labute approximate surface area is 119 Å². The molecule has 1 heterocycles. The number of carbonyl (C=O) groups excluding carboxylic acids is 3. The maximum atomic E-state index is 12.3. The molecule has 0 aromatic carbocycles. The molecule has 1 aliphatic carbocycles. The van der Waals surface area contributed by atoms with Gasteiger partial charge in [-0.1, -0.05) is 13.8 Å². The van der Waals surface area contributed by atoms with Crippen molar-refractivity contribution in [3.8, 4) is 0 Å². The van der Waals surface area contributed by atoms with Crippen LogP contribution in [0, 0.1) is 5.92 Å². The highest BCUT2D eigenvalue weighted by atomic mass is 16.2. The highest BCUT2D eigenvalue weighted by Gasteiger charge is 2.48. The van der Waals surface area contributed by atoms with Crippen molar-refractivity contribution in [1.82, 2.24) is 15.5 Å². The number of amides is 4. The van der Waals surface area contributed by atoms with Crippen LogP contribution in [0.2, 0.25) is 0 Å². The first-order valence-electron chi connectivity index (χ1n) is 7.25. The Morgan fingerprint density at radius 3 is 2.65 bits per heavy atom. The largest absolute Gasteiger partial charge is 0.352 e. The summed E-state index contributed by atoms with van der Waals surface area (Å²) in [6.45, 7) is 5.70. The molecule has 112 valence electrons. The summed E-state index contributed by atoms with van der Waals surface area (Å²) < 4.78 is 0. The molecule has 4 amide bonds. The number of carbonyl (C=O) groups is 3. The van der Waals surface area contributed by atoms with Crippen LogP contribution >= 0.6 is 0 Å². The van der Waals surface area contributed by atoms with Crippen LogP contribution in [0.4, 0.5) is 4.79 Å². The number of nitrogens with zero attached hydrogens (tertiary/aromatic N) is 1. The van der Waals surface area contributed by atoms with E-state index in [0.29, 0.717) is 12.3 Å². The number of rotatable bonds is 6. The van der Waals surface area contributed by atoms with E-state index in [1.165, 1.54) is 0 Å². The highest BCUT2D eigenvalue weighted by Crippen LogP contribution is 2.25. The Balaban J connectivity index is 1.94. The molecule has 1 atom stereocenters. The fourth-order valence-electron chi connectivity index (χ4n) is 2.28. The number of imide groups is 1. The van der Waals surface area contributed by atoms with E-state index >= 15 is 0 Å². The third-order valence-electron chi connectivity index (χ3n) is 3.81. The molecule has 2 N–H and O–H groups in total. The Morgan fingerprint density at radius 1 is 1.45 bits per heavy atom. The van der Waals surface area contributed by atoms with Crippen LogP contribution in [0.15, 0.2) is 0 Å². The number of nitrogens with one attached hydrogen (secondary N) is 2. The predicted molar refractivity (Wildman–Crippen MR) is 73.9 cm³/mol. The van der Waals surface area contributed by atoms with Gasteiger partial charge in [-0.2, -0.15) is 0 Å². The van der Waals surface area contributed by atoms with Crippen LogP contribution in [0.5, 0.6) is 0 Å². The molecular weight excluding hydrogens is 258 g/mol. The third kappa shape index (κ3) is 3.29. The number of urea groups is 1. The maximum Gasteiger partial charge on any atom is 0.325 e. The summed E-state index contributed by atoms with van der Waals surface area (Å²) in [5, 5.41) is 5.50. The fraction of sp³-hybridized carbons (Fsp3) is 0.786. The molecule has 2 rings (SSSR count). The first-order valence-corrected chi connectivity index (χ1v) is 7.25. The van der Waals surface area contributed by atoms with Crippen molar-refractivity contribution in [2.24, 2.45) is 5.92 Å². The molecule has 0 bridgehead atoms. The number of hydrogen-bond acceptors (Lipinski definition) is 3. The van der Waals surface area contributed by atoms with Crippen molar-refractivity contribution in [3.63, 3.8) is 0 Å². The van der Waals surface area contributed by atoms with Gasteiger partial charge in [0.1, 0.15) is 12.1 Å². The van der Waals surface area contributed by atoms with E-state index in [4.69, 9.17) is 0 Å². The van der Waals surface area contributed by atoms with E-state index in [1.807, 2.05) is 0 Å². The summed E-state index contributed by atoms with van der Waals surface area (Å²) in [5.74, 6) is -0.0954. The van der Waals surface area contributed by atoms with Gasteiger partial charge in [0.05, 0.1) is 0 Å². The molecule has 1 saturated heterocycles. The minimum Gasteiger partial charge on any atom is -0.352 e. The van der Waals surface area contributed by atoms with Crippen molar-refractivity contribution >= 4 is 17.8 Å². The van der Waals surface area contributed by atoms with Crippen LogP contribution < -0.4 is 10.6 Å². The maximum absolute atomic E-state index is 12.3. The van der Waals surface area contributed by atoms with Crippen LogP contribution in [-0.2, 0) is 9.59 Å². The second kappa shape index (κ2) is 5.42. The lowest BCUT2D eigenvalue weighted by molar-refractivity contribution is -0.134. The topological polar surface area (TPSA) is 78.5 Å². The zero-order valence-corrected chi connectivity index (χ0v) is 12.4. The summed E-state index contributed by atoms with van der Waals surface area (Å²) in [4.78, 5) is 37.0. The monoisotopic (exact) mass is 281 g/mol. The quantitative estimate of drug-likeness (QED) is 0.713. The fourth-order valence-corrected chi connectivity index (χ4v) is 2.28. The van der Waals surface area contributed by atoms with Crippen molar-refractivity contribution < 1.29 is 14.4 Å². The van der Waals surface area contributed by atoms with Crippen molar-refractivity contribution in [2.75, 3.05) is 6.54 Å². The van der Waals surface area contributed by atoms with Gasteiger partial charge in [0, 0.05) is 6.04 Å². The standard InChI is InChI=1S/C14H23N3O3/c1-9(2)6-7-14(3)12(19)17(13(20)16-14)8-11(18)15-10-4-5-10/h9-10H,4-8H2,1-3H3,(H,15,18)(H,16,20). The van der Waals surface area contributed by atoms with E-state index in [-0.39, 0.29) is 24.4 Å². The Hall–Kier alpha value is -1.59. The second-order valence-electron chi connectivity index (χ2n) is 6.43. The van der Waals surface area contributed by atoms with E-state index in [2.05, 4.69) is 24.5 Å². The van der Waals surface area contributed by atoms with Gasteiger partial charge in [-0.15, -0.1) is 0 Å². The SMILES string of the molecule is CC(C)CCC1(C)NC(=O)N(CC(=O)NC2CC2)C1=O. The molecule has 0 spiro atoms. The predicted octanol–water partition coefficient (Wildman–Crippen LogP) is 1.01. The normalized spacial score (nSPS) is 26.1. The van der Waals surface area contributed by atoms with E-state index in [1.54, 1.807) is 6.92 Å². The Morgan fingerprint density at radius 2 is 2.10 bits per heavy atom. The van der Waals surface area contributed by atoms with Gasteiger partial charge in [0.2, 0.25) is 5.91 Å². The summed E-state index contributed by atoms with van der Waals surface area (Å²) in [5.41, 5.74) is -0.874. The highest BCUT2D eigenvalue weighted by molar-refractivity contribution is 6.08. The van der Waals surface area contributed by atoms with Crippen LogP contribution in [0.3, 0.4) is 0 Å². The van der Waals surface area contributed by atoms with Gasteiger partial charge < -0.3 is 10.6 Å². The van der Waals surface area contributed by atoms with Crippen LogP contribution in [-0.4, -0.2) is 40.9 Å². The molecule has 1 aliphatic heterocycles. The lowest BCUT2D eigenvalue weighted by Crippen LogP contribution is -2.45. The molecule has 0 radical (unpaired) electrons. The van der Waals surface area contributed by atoms with E-state index in [9.17, 15) is 14.4 Å². The minimum absolute atomic E-state index is 0.182. The van der Waals surface area contributed by atoms with Crippen molar-refractivity contribution in [2.45, 2.75) is 58.0 Å². The lowest BCUT2D eigenvalue weighted by atomic mass is 9.92. The molecule has 20 heavy (non-hydrogen) atoms. The van der Waals surface area contributed by atoms with Crippen molar-refractivity contribution in [3.05, 3.63) is 0 Å². The van der Waals surface area contributed by atoms with Crippen LogP contribution in [0.1, 0.15) is 46.5 Å². The zero-order chi connectivity index (χ0) is 14.9. The minimum atomic E-state index is -0.874. The third-order valence-corrected chi connectivity index (χ3v) is 3.81. The summed E-state index contributed by atoms with van der Waals surface area (Å²) in [7, 11) is 0. The smallest absolute Gasteiger partial charge is 0.325 e. The van der Waals surface area contributed by atoms with Gasteiger partial charge in [-0.3, -0.25) is 14.5 Å². The Bertz CT molecular complexity index is 431. The van der Waals surface area contributed by atoms with Gasteiger partial charge in [0.25, 0.3) is 5.91 Å². The summed E-state index contributed by atoms with van der Waals surface area (Å²) in [6, 6.07) is -0.234. The molecule has 6 nitrogen and oxygen atoms in total. The lowest BCUT2D eigenvalue weighted by Gasteiger charge is -2.22. The van der Waals surface area contributed by atoms with E-state index < -0.39 is 11.6 Å². The van der Waals surface area contributed by atoms with E-state index in [0.717, 1.165) is 24.2 Å². The molecule has 1 unspecified atom stereocenters. The molecule has 0 aromatic rings. The summed E-state index contributed by atoms with van der Waals surface area (Å²) in [6.07, 6.45) is 3.41. The molecule has 6 heteroatoms. The van der Waals surface area contributed by atoms with Gasteiger partial charge in [0.15, 0.2) is 0 Å². The number of hydrogen-bond donors (Lipinski definition) is 2. The Kier molecular flexibility index (Phi) is 4.01. The first kappa shape index (κ1) is 14.8. The zero-order valence-electron chi connectivity index (χ0n) is 12.4. The van der Waals surface area contributed by atoms with Crippen LogP contribution in [0.25, 0.3) is 0 Å². The second-order valence-corrected chi connectivity index (χ2v) is 6.43. The molecule has 2 aliphatic rings. The van der Waals surface area contributed by atoms with Gasteiger partial charge >= 0.3 is 6.03 Å². The first-order chi connectivity index (χ1) is 9.32. The van der Waals surface area contributed by atoms with Gasteiger partial charge in [-0.25, -0.2) is 4.79 Å². The molecular formula is C14H23N3O3. The molecule has 2 fully saturated rings. The van der Waals surface area contributed by atoms with Gasteiger partial charge in [-0.05, 0) is 38.5 Å². The summed E-state index contributed by atoms with van der Waals surface area (Å²) >= 11 is 0. The molecule has 0 aromatic heterocycles.